The number of anilines is 2. The zero-order chi connectivity index (χ0) is 21.1. The van der Waals surface area contributed by atoms with E-state index in [4.69, 9.17) is 9.72 Å². The number of aromatic nitrogens is 1. The molecule has 1 unspecified atom stereocenters. The molecule has 1 aliphatic carbocycles. The summed E-state index contributed by atoms with van der Waals surface area (Å²) < 4.78 is 6.25. The van der Waals surface area contributed by atoms with Gasteiger partial charge in [-0.05, 0) is 49.3 Å². The van der Waals surface area contributed by atoms with Gasteiger partial charge in [-0.1, -0.05) is 19.1 Å². The van der Waals surface area contributed by atoms with Crippen molar-refractivity contribution in [2.45, 2.75) is 32.8 Å². The van der Waals surface area contributed by atoms with E-state index in [0.717, 1.165) is 52.9 Å². The number of pyridine rings is 1. The van der Waals surface area contributed by atoms with Crippen LogP contribution in [0.25, 0.3) is 17.0 Å². The number of allylic oxidation sites excluding steroid dienone is 4. The van der Waals surface area contributed by atoms with Crippen molar-refractivity contribution in [3.63, 3.8) is 0 Å². The van der Waals surface area contributed by atoms with Gasteiger partial charge in [0.1, 0.15) is 17.7 Å². The van der Waals surface area contributed by atoms with Crippen LogP contribution in [0.4, 0.5) is 11.4 Å². The Balaban J connectivity index is 1.58. The second-order valence-corrected chi connectivity index (χ2v) is 8.29. The van der Waals surface area contributed by atoms with Crippen LogP contribution in [0.1, 0.15) is 30.9 Å². The van der Waals surface area contributed by atoms with Crippen LogP contribution in [-0.2, 0) is 9.53 Å². The van der Waals surface area contributed by atoms with Crippen LogP contribution in [-0.4, -0.2) is 23.4 Å². The van der Waals surface area contributed by atoms with Crippen LogP contribution < -0.4 is 10.2 Å². The molecule has 31 heavy (non-hydrogen) atoms. The number of nitrogens with one attached hydrogen (secondary N) is 1. The van der Waals surface area contributed by atoms with Crippen LogP contribution in [0.3, 0.4) is 0 Å². The third kappa shape index (κ3) is 2.62. The number of benzene rings is 1. The van der Waals surface area contributed by atoms with Gasteiger partial charge in [0.15, 0.2) is 5.78 Å². The summed E-state index contributed by atoms with van der Waals surface area (Å²) in [4.78, 5) is 18.9. The Morgan fingerprint density at radius 3 is 3.10 bits per heavy atom. The van der Waals surface area contributed by atoms with Crippen molar-refractivity contribution in [3.8, 4) is 0 Å². The minimum atomic E-state index is -0.0533. The quantitative estimate of drug-likeness (QED) is 0.742. The normalized spacial score (nSPS) is 21.3. The molecule has 1 atom stereocenters. The molecule has 4 heterocycles. The Morgan fingerprint density at radius 2 is 2.23 bits per heavy atom. The molecule has 6 rings (SSSR count). The van der Waals surface area contributed by atoms with E-state index in [2.05, 4.69) is 48.4 Å². The topological polar surface area (TPSA) is 54.5 Å². The molecule has 154 valence electrons. The number of ketones is 1. The monoisotopic (exact) mass is 409 g/mol. The number of carbonyl (C=O) groups is 1. The lowest BCUT2D eigenvalue weighted by molar-refractivity contribution is -0.110. The van der Waals surface area contributed by atoms with E-state index in [1.807, 2.05) is 18.3 Å². The van der Waals surface area contributed by atoms with Crippen LogP contribution in [0.2, 0.25) is 0 Å². The molecule has 5 heteroatoms. The Hall–Kier alpha value is -3.60. The van der Waals surface area contributed by atoms with Crippen molar-refractivity contribution in [2.24, 2.45) is 0 Å². The Bertz CT molecular complexity index is 1310. The fourth-order valence-electron chi connectivity index (χ4n) is 4.96. The summed E-state index contributed by atoms with van der Waals surface area (Å²) in [5.74, 6) is 1.74. The van der Waals surface area contributed by atoms with Crippen LogP contribution in [0, 0.1) is 6.92 Å². The molecule has 5 nitrogen and oxygen atoms in total. The first kappa shape index (κ1) is 18.2. The smallest absolute Gasteiger partial charge is 0.182 e. The van der Waals surface area contributed by atoms with Gasteiger partial charge in [0.2, 0.25) is 0 Å². The highest BCUT2D eigenvalue weighted by Gasteiger charge is 2.39. The van der Waals surface area contributed by atoms with Gasteiger partial charge in [-0.15, -0.1) is 0 Å². The standard InChI is InChI=1S/C26H23N3O2/c1-3-4-6-18-15(2)23-19(7-5-11-27-23)24-25(18)29-12-10-21-20(26(29)28-24)13-16-8-9-17(30)14-22(16)31-21/h4-9,11,13-14,21,28H,3,10,12H2,1-2H3/b6-4-. The third-order valence-corrected chi connectivity index (χ3v) is 6.43. The summed E-state index contributed by atoms with van der Waals surface area (Å²) in [6, 6.07) is 4.14. The summed E-state index contributed by atoms with van der Waals surface area (Å²) >= 11 is 0. The first-order valence-electron chi connectivity index (χ1n) is 10.8. The molecule has 1 N–H and O–H groups in total. The maximum Gasteiger partial charge on any atom is 0.182 e. The van der Waals surface area contributed by atoms with E-state index < -0.39 is 0 Å². The maximum atomic E-state index is 11.8. The number of rotatable bonds is 2. The maximum absolute atomic E-state index is 11.8. The molecule has 0 spiro atoms. The lowest BCUT2D eigenvalue weighted by atomic mass is 9.93. The van der Waals surface area contributed by atoms with E-state index in [-0.39, 0.29) is 11.9 Å². The summed E-state index contributed by atoms with van der Waals surface area (Å²) in [5, 5.41) is 4.86. The molecule has 0 fully saturated rings. The molecule has 0 radical (unpaired) electrons. The molecule has 2 aromatic rings. The van der Waals surface area contributed by atoms with Crippen molar-refractivity contribution >= 4 is 34.1 Å². The fraction of sp³-hybridized carbons (Fsp3) is 0.231. The molecule has 0 saturated heterocycles. The van der Waals surface area contributed by atoms with Gasteiger partial charge in [0, 0.05) is 47.3 Å². The van der Waals surface area contributed by atoms with E-state index >= 15 is 0 Å². The SMILES string of the molecule is CC/C=C\c1c2c(c3cccnc3c1C)NC1=C3C=C4C=CC(=O)C=C4OC3CCN12. The van der Waals surface area contributed by atoms with Crippen molar-refractivity contribution < 1.29 is 9.53 Å². The van der Waals surface area contributed by atoms with E-state index in [1.165, 1.54) is 16.8 Å². The van der Waals surface area contributed by atoms with E-state index in [1.54, 1.807) is 12.2 Å². The number of hydrogen-bond acceptors (Lipinski definition) is 5. The molecule has 0 saturated carbocycles. The largest absolute Gasteiger partial charge is 0.485 e. The molecule has 1 aromatic heterocycles. The molecule has 4 aliphatic rings. The van der Waals surface area contributed by atoms with E-state index in [0.29, 0.717) is 5.76 Å². The highest BCUT2D eigenvalue weighted by molar-refractivity contribution is 6.08. The van der Waals surface area contributed by atoms with Gasteiger partial charge in [-0.3, -0.25) is 9.78 Å². The molecule has 0 bridgehead atoms. The fourth-order valence-corrected chi connectivity index (χ4v) is 4.96. The van der Waals surface area contributed by atoms with Crippen molar-refractivity contribution in [1.29, 1.82) is 0 Å². The lowest BCUT2D eigenvalue weighted by Crippen LogP contribution is -2.37. The number of hydrogen-bond donors (Lipinski definition) is 1. The van der Waals surface area contributed by atoms with Gasteiger partial charge >= 0.3 is 0 Å². The first-order valence-corrected chi connectivity index (χ1v) is 10.8. The van der Waals surface area contributed by atoms with Gasteiger partial charge in [0.05, 0.1) is 16.9 Å². The third-order valence-electron chi connectivity index (χ3n) is 6.43. The highest BCUT2D eigenvalue weighted by Crippen LogP contribution is 2.50. The first-order chi connectivity index (χ1) is 15.2. The summed E-state index contributed by atoms with van der Waals surface area (Å²) in [5.41, 5.74) is 7.87. The van der Waals surface area contributed by atoms with Crippen LogP contribution in [0.5, 0.6) is 0 Å². The average Bonchev–Trinajstić information content (AvgIpc) is 3.18. The average molecular weight is 409 g/mol. The zero-order valence-corrected chi connectivity index (χ0v) is 17.6. The minimum absolute atomic E-state index is 0.0196. The number of ether oxygens (including phenoxy) is 1. The van der Waals surface area contributed by atoms with Crippen LogP contribution >= 0.6 is 0 Å². The second kappa shape index (κ2) is 6.71. The summed E-state index contributed by atoms with van der Waals surface area (Å²) in [7, 11) is 0. The number of aryl methyl sites for hydroxylation is 1. The number of carbonyl (C=O) groups excluding carboxylic acids is 1. The lowest BCUT2D eigenvalue weighted by Gasteiger charge is -2.36. The second-order valence-electron chi connectivity index (χ2n) is 8.29. The van der Waals surface area contributed by atoms with Crippen molar-refractivity contribution in [1.82, 2.24) is 4.98 Å². The van der Waals surface area contributed by atoms with Gasteiger partial charge in [0.25, 0.3) is 0 Å². The van der Waals surface area contributed by atoms with Gasteiger partial charge in [-0.25, -0.2) is 0 Å². The predicted molar refractivity (Wildman–Crippen MR) is 124 cm³/mol. The van der Waals surface area contributed by atoms with Gasteiger partial charge in [-0.2, -0.15) is 0 Å². The summed E-state index contributed by atoms with van der Waals surface area (Å²) in [6.45, 7) is 5.17. The van der Waals surface area contributed by atoms with Crippen molar-refractivity contribution in [2.75, 3.05) is 16.8 Å². The molecule has 0 amide bonds. The van der Waals surface area contributed by atoms with E-state index in [9.17, 15) is 4.79 Å². The molecular formula is C26H23N3O2. The zero-order valence-electron chi connectivity index (χ0n) is 17.6. The summed E-state index contributed by atoms with van der Waals surface area (Å²) in [6.07, 6.45) is 15.3. The molecular weight excluding hydrogens is 386 g/mol. The molecule has 3 aliphatic heterocycles. The Labute approximate surface area is 181 Å². The highest BCUT2D eigenvalue weighted by atomic mass is 16.5. The number of fused-ring (bicyclic) bond motifs is 7. The van der Waals surface area contributed by atoms with Crippen LogP contribution in [0.15, 0.2) is 71.4 Å². The van der Waals surface area contributed by atoms with Crippen molar-refractivity contribution in [3.05, 3.63) is 82.6 Å². The Morgan fingerprint density at radius 1 is 1.32 bits per heavy atom. The predicted octanol–water partition coefficient (Wildman–Crippen LogP) is 5.16. The van der Waals surface area contributed by atoms with Gasteiger partial charge < -0.3 is 15.0 Å². The molecule has 1 aromatic carbocycles. The Kier molecular flexibility index (Phi) is 3.93. The number of nitrogens with zero attached hydrogens (tertiary/aromatic N) is 2. The minimum Gasteiger partial charge on any atom is -0.485 e.